The van der Waals surface area contributed by atoms with E-state index in [4.69, 9.17) is 15.0 Å². The highest BCUT2D eigenvalue weighted by Crippen LogP contribution is 2.38. The van der Waals surface area contributed by atoms with Gasteiger partial charge in [-0.1, -0.05) is 97.1 Å². The van der Waals surface area contributed by atoms with Gasteiger partial charge in [-0.3, -0.25) is 14.5 Å². The van der Waals surface area contributed by atoms with Crippen LogP contribution in [0, 0.1) is 0 Å². The molecule has 11 aromatic rings. The molecule has 0 atom stereocenters. The van der Waals surface area contributed by atoms with Crippen molar-refractivity contribution in [2.75, 3.05) is 0 Å². The van der Waals surface area contributed by atoms with E-state index in [1.807, 2.05) is 30.6 Å². The summed E-state index contributed by atoms with van der Waals surface area (Å²) >= 11 is 0. The van der Waals surface area contributed by atoms with Crippen LogP contribution in [0.4, 0.5) is 0 Å². The summed E-state index contributed by atoms with van der Waals surface area (Å²) in [6, 6.07) is 57.9. The topological polar surface area (TPSA) is 48.5 Å². The van der Waals surface area contributed by atoms with Gasteiger partial charge in [0.25, 0.3) is 0 Å². The summed E-state index contributed by atoms with van der Waals surface area (Å²) in [4.78, 5) is 15.1. The van der Waals surface area contributed by atoms with Crippen LogP contribution in [0.3, 0.4) is 0 Å². The minimum Gasteiger partial charge on any atom is -0.309 e. The molecule has 0 saturated carbocycles. The Hall–Kier alpha value is -7.11. The molecule has 242 valence electrons. The van der Waals surface area contributed by atoms with E-state index in [-0.39, 0.29) is 0 Å². The van der Waals surface area contributed by atoms with Gasteiger partial charge in [-0.15, -0.1) is 0 Å². The third-order valence-electron chi connectivity index (χ3n) is 10.4. The number of pyridine rings is 3. The average Bonchev–Trinajstić information content (AvgIpc) is 3.73. The first-order chi connectivity index (χ1) is 25.8. The van der Waals surface area contributed by atoms with Gasteiger partial charge in [0.2, 0.25) is 0 Å². The van der Waals surface area contributed by atoms with E-state index in [2.05, 4.69) is 155 Å². The van der Waals surface area contributed by atoms with Gasteiger partial charge < -0.3 is 4.57 Å². The largest absolute Gasteiger partial charge is 0.309 e. The standard InChI is InChI=1S/C47H29N5/c1-6-16-40-30(11-1)25-32(29-49-40)41-23-21-31(28-48-41)38-27-47(52-45-19-9-4-14-36(45)37-15-5-10-20-46(37)52)50-42-24-22-33(26-39(38)42)51-43-17-7-2-12-34(43)35-13-3-8-18-44(35)51/h1-29H. The van der Waals surface area contributed by atoms with Crippen molar-refractivity contribution in [2.45, 2.75) is 0 Å². The third-order valence-corrected chi connectivity index (χ3v) is 10.4. The van der Waals surface area contributed by atoms with Gasteiger partial charge in [0.15, 0.2) is 0 Å². The van der Waals surface area contributed by atoms with E-state index in [0.717, 1.165) is 66.7 Å². The minimum absolute atomic E-state index is 0.868. The number of aromatic nitrogens is 5. The zero-order chi connectivity index (χ0) is 34.2. The Kier molecular flexibility index (Phi) is 6.18. The van der Waals surface area contributed by atoms with Crippen molar-refractivity contribution < 1.29 is 0 Å². The van der Waals surface area contributed by atoms with Crippen molar-refractivity contribution in [3.63, 3.8) is 0 Å². The molecule has 5 nitrogen and oxygen atoms in total. The third kappa shape index (κ3) is 4.33. The van der Waals surface area contributed by atoms with Crippen molar-refractivity contribution in [3.05, 3.63) is 176 Å². The molecule has 0 aliphatic rings. The Labute approximate surface area is 298 Å². The highest BCUT2D eigenvalue weighted by molar-refractivity contribution is 6.11. The van der Waals surface area contributed by atoms with Gasteiger partial charge in [0, 0.05) is 61.5 Å². The molecular weight excluding hydrogens is 635 g/mol. The number of fused-ring (bicyclic) bond motifs is 8. The molecule has 5 aromatic heterocycles. The molecule has 11 rings (SSSR count). The van der Waals surface area contributed by atoms with Gasteiger partial charge in [0.05, 0.1) is 38.8 Å². The molecule has 0 saturated heterocycles. The van der Waals surface area contributed by atoms with Crippen LogP contribution in [-0.4, -0.2) is 24.1 Å². The van der Waals surface area contributed by atoms with Crippen molar-refractivity contribution in [2.24, 2.45) is 0 Å². The summed E-state index contributed by atoms with van der Waals surface area (Å²) in [5.41, 5.74) is 11.5. The van der Waals surface area contributed by atoms with Crippen molar-refractivity contribution in [3.8, 4) is 33.9 Å². The maximum Gasteiger partial charge on any atom is 0.138 e. The Morgan fingerprint density at radius 3 is 1.60 bits per heavy atom. The lowest BCUT2D eigenvalue weighted by Crippen LogP contribution is -2.01. The maximum atomic E-state index is 5.37. The SMILES string of the molecule is c1ccc2ncc(-c3ccc(-c4cc(-n5c6ccccc6c6ccccc65)nc5ccc(-n6c7ccccc7c7ccccc76)cc45)cn3)cc2c1. The van der Waals surface area contributed by atoms with Gasteiger partial charge in [-0.2, -0.15) is 0 Å². The molecule has 5 heterocycles. The predicted molar refractivity (Wildman–Crippen MR) is 214 cm³/mol. The second-order valence-corrected chi connectivity index (χ2v) is 13.3. The van der Waals surface area contributed by atoms with Crippen LogP contribution in [-0.2, 0) is 0 Å². The maximum absolute atomic E-state index is 5.37. The molecular formula is C47H29N5. The van der Waals surface area contributed by atoms with E-state index in [1.54, 1.807) is 0 Å². The van der Waals surface area contributed by atoms with E-state index in [9.17, 15) is 0 Å². The highest BCUT2D eigenvalue weighted by Gasteiger charge is 2.18. The summed E-state index contributed by atoms with van der Waals surface area (Å²) in [7, 11) is 0. The molecule has 0 radical (unpaired) electrons. The van der Waals surface area contributed by atoms with Crippen molar-refractivity contribution >= 4 is 65.4 Å². The summed E-state index contributed by atoms with van der Waals surface area (Å²) in [6.07, 6.45) is 3.90. The molecule has 5 heteroatoms. The predicted octanol–water partition coefficient (Wildman–Crippen LogP) is 11.7. The zero-order valence-corrected chi connectivity index (χ0v) is 28.0. The fraction of sp³-hybridized carbons (Fsp3) is 0. The van der Waals surface area contributed by atoms with Crippen LogP contribution in [0.15, 0.2) is 176 Å². The smallest absolute Gasteiger partial charge is 0.138 e. The molecule has 0 amide bonds. The van der Waals surface area contributed by atoms with Gasteiger partial charge in [-0.25, -0.2) is 4.98 Å². The molecule has 0 spiro atoms. The monoisotopic (exact) mass is 663 g/mol. The molecule has 0 fully saturated rings. The molecule has 0 N–H and O–H groups in total. The van der Waals surface area contributed by atoms with E-state index >= 15 is 0 Å². The first-order valence-electron chi connectivity index (χ1n) is 17.5. The Balaban J connectivity index is 1.15. The van der Waals surface area contributed by atoms with Crippen LogP contribution in [0.25, 0.3) is 99.3 Å². The number of nitrogens with zero attached hydrogens (tertiary/aromatic N) is 5. The molecule has 0 unspecified atom stereocenters. The summed E-state index contributed by atoms with van der Waals surface area (Å²) in [5, 5.41) is 7.05. The van der Waals surface area contributed by atoms with Crippen LogP contribution in [0.1, 0.15) is 0 Å². The molecule has 0 aliphatic heterocycles. The number of para-hydroxylation sites is 5. The van der Waals surface area contributed by atoms with E-state index in [0.29, 0.717) is 0 Å². The van der Waals surface area contributed by atoms with Gasteiger partial charge >= 0.3 is 0 Å². The first kappa shape index (κ1) is 28.7. The van der Waals surface area contributed by atoms with Gasteiger partial charge in [0.1, 0.15) is 5.82 Å². The van der Waals surface area contributed by atoms with E-state index in [1.165, 1.54) is 32.6 Å². The second kappa shape index (κ2) is 11.2. The van der Waals surface area contributed by atoms with Crippen LogP contribution in [0.5, 0.6) is 0 Å². The van der Waals surface area contributed by atoms with Crippen molar-refractivity contribution in [1.29, 1.82) is 0 Å². The normalized spacial score (nSPS) is 11.8. The van der Waals surface area contributed by atoms with Gasteiger partial charge in [-0.05, 0) is 72.3 Å². The average molecular weight is 664 g/mol. The molecule has 0 bridgehead atoms. The summed E-state index contributed by atoms with van der Waals surface area (Å²) in [6.45, 7) is 0. The first-order valence-corrected chi connectivity index (χ1v) is 17.5. The lowest BCUT2D eigenvalue weighted by molar-refractivity contribution is 1.10. The fourth-order valence-electron chi connectivity index (χ4n) is 8.00. The van der Waals surface area contributed by atoms with E-state index < -0.39 is 0 Å². The van der Waals surface area contributed by atoms with Crippen LogP contribution < -0.4 is 0 Å². The number of rotatable bonds is 4. The van der Waals surface area contributed by atoms with Crippen LogP contribution >= 0.6 is 0 Å². The minimum atomic E-state index is 0.868. The van der Waals surface area contributed by atoms with Crippen molar-refractivity contribution in [1.82, 2.24) is 24.1 Å². The van der Waals surface area contributed by atoms with Crippen LogP contribution in [0.2, 0.25) is 0 Å². The second-order valence-electron chi connectivity index (χ2n) is 13.3. The number of hydrogen-bond donors (Lipinski definition) is 0. The summed E-state index contributed by atoms with van der Waals surface area (Å²) in [5.74, 6) is 0.868. The molecule has 52 heavy (non-hydrogen) atoms. The molecule has 6 aromatic carbocycles. The zero-order valence-electron chi connectivity index (χ0n) is 28.0. The quantitative estimate of drug-likeness (QED) is 0.188. The fourth-order valence-corrected chi connectivity index (χ4v) is 8.00. The molecule has 0 aliphatic carbocycles. The lowest BCUT2D eigenvalue weighted by Gasteiger charge is -2.15. The Morgan fingerprint density at radius 2 is 0.962 bits per heavy atom. The lowest BCUT2D eigenvalue weighted by atomic mass is 10.0. The number of benzene rings is 6. The highest BCUT2D eigenvalue weighted by atomic mass is 15.1. The Morgan fingerprint density at radius 1 is 0.385 bits per heavy atom. The summed E-state index contributed by atoms with van der Waals surface area (Å²) < 4.78 is 4.65. The Bertz CT molecular complexity index is 3080. The number of hydrogen-bond acceptors (Lipinski definition) is 3.